The number of carbonyl (C=O) groups is 1. The van der Waals surface area contributed by atoms with Crippen molar-refractivity contribution < 1.29 is 9.53 Å². The maximum atomic E-state index is 11.4. The highest BCUT2D eigenvalue weighted by Crippen LogP contribution is 2.12. The number of aromatic nitrogens is 2. The molecule has 0 fully saturated rings. The Labute approximate surface area is 93.9 Å². The summed E-state index contributed by atoms with van der Waals surface area (Å²) in [4.78, 5) is 15.8. The molecule has 84 valence electrons. The summed E-state index contributed by atoms with van der Waals surface area (Å²) in [5, 5.41) is 0. The van der Waals surface area contributed by atoms with Gasteiger partial charge in [-0.25, -0.2) is 4.98 Å². The second-order valence-corrected chi connectivity index (χ2v) is 3.55. The van der Waals surface area contributed by atoms with Crippen molar-refractivity contribution in [3.05, 3.63) is 35.8 Å². The summed E-state index contributed by atoms with van der Waals surface area (Å²) in [6.45, 7) is 4.12. The number of hydrogen-bond donors (Lipinski definition) is 0. The first-order valence-electron chi connectivity index (χ1n) is 5.30. The number of hydrogen-bond acceptors (Lipinski definition) is 3. The van der Waals surface area contributed by atoms with Crippen LogP contribution in [0.1, 0.15) is 18.3 Å². The van der Waals surface area contributed by atoms with E-state index in [0.29, 0.717) is 6.61 Å². The van der Waals surface area contributed by atoms with Gasteiger partial charge in [0.25, 0.3) is 0 Å². The zero-order valence-corrected chi connectivity index (χ0v) is 9.43. The average molecular weight is 218 g/mol. The van der Waals surface area contributed by atoms with Crippen molar-refractivity contribution in [2.75, 3.05) is 6.61 Å². The fourth-order valence-corrected chi connectivity index (χ4v) is 1.73. The molecule has 0 unspecified atom stereocenters. The van der Waals surface area contributed by atoms with E-state index in [4.69, 9.17) is 4.74 Å². The number of ether oxygens (including phenoxy) is 1. The molecule has 16 heavy (non-hydrogen) atoms. The molecule has 0 saturated carbocycles. The average Bonchev–Trinajstić information content (AvgIpc) is 2.56. The van der Waals surface area contributed by atoms with Gasteiger partial charge < -0.3 is 9.14 Å². The monoisotopic (exact) mass is 218 g/mol. The lowest BCUT2D eigenvalue weighted by molar-refractivity contribution is -0.142. The molecule has 2 aromatic rings. The lowest BCUT2D eigenvalue weighted by atomic mass is 10.2. The van der Waals surface area contributed by atoms with Gasteiger partial charge in [0.05, 0.1) is 24.4 Å². The van der Waals surface area contributed by atoms with Gasteiger partial charge in [-0.15, -0.1) is 0 Å². The fraction of sp³-hybridized carbons (Fsp3) is 0.333. The molecule has 0 aliphatic carbocycles. The molecular formula is C12H14N2O2. The first kappa shape index (κ1) is 10.7. The van der Waals surface area contributed by atoms with Gasteiger partial charge in [-0.2, -0.15) is 0 Å². The largest absolute Gasteiger partial charge is 0.466 e. The van der Waals surface area contributed by atoms with Crippen LogP contribution in [0.4, 0.5) is 0 Å². The smallest absolute Gasteiger partial charge is 0.311 e. The predicted octanol–water partition coefficient (Wildman–Crippen LogP) is 1.75. The Balaban J connectivity index is 2.36. The number of esters is 1. The Hall–Kier alpha value is -1.84. The number of fused-ring (bicyclic) bond motifs is 1. The molecule has 4 nitrogen and oxygen atoms in total. The minimum absolute atomic E-state index is 0.212. The number of pyridine rings is 1. The zero-order chi connectivity index (χ0) is 11.5. The van der Waals surface area contributed by atoms with E-state index in [9.17, 15) is 4.79 Å². The van der Waals surface area contributed by atoms with Crippen LogP contribution in [0.5, 0.6) is 0 Å². The molecule has 0 spiro atoms. The third kappa shape index (κ3) is 1.91. The van der Waals surface area contributed by atoms with E-state index in [1.165, 1.54) is 0 Å². The summed E-state index contributed by atoms with van der Waals surface area (Å²) in [5.41, 5.74) is 2.63. The van der Waals surface area contributed by atoms with Crippen molar-refractivity contribution in [3.63, 3.8) is 0 Å². The van der Waals surface area contributed by atoms with Gasteiger partial charge in [0, 0.05) is 6.20 Å². The normalized spacial score (nSPS) is 10.6. The van der Waals surface area contributed by atoms with Crippen molar-refractivity contribution >= 4 is 11.6 Å². The summed E-state index contributed by atoms with van der Waals surface area (Å²) in [6.07, 6.45) is 2.18. The highest BCUT2D eigenvalue weighted by Gasteiger charge is 2.12. The highest BCUT2D eigenvalue weighted by atomic mass is 16.5. The Kier molecular flexibility index (Phi) is 2.90. The number of rotatable bonds is 3. The number of nitrogens with zero attached hydrogens (tertiary/aromatic N) is 2. The lowest BCUT2D eigenvalue weighted by Crippen LogP contribution is -2.10. The molecule has 2 rings (SSSR count). The second kappa shape index (κ2) is 4.35. The van der Waals surface area contributed by atoms with E-state index in [1.54, 1.807) is 6.92 Å². The van der Waals surface area contributed by atoms with Crippen LogP contribution >= 0.6 is 0 Å². The van der Waals surface area contributed by atoms with E-state index in [0.717, 1.165) is 17.0 Å². The van der Waals surface area contributed by atoms with Crippen molar-refractivity contribution in [2.24, 2.45) is 0 Å². The molecule has 0 saturated heterocycles. The molecule has 0 amide bonds. The van der Waals surface area contributed by atoms with Gasteiger partial charge in [0.2, 0.25) is 0 Å². The molecule has 4 heteroatoms. The molecule has 0 aliphatic heterocycles. The third-order valence-electron chi connectivity index (χ3n) is 2.45. The van der Waals surface area contributed by atoms with Gasteiger partial charge in [-0.05, 0) is 26.0 Å². The maximum Gasteiger partial charge on any atom is 0.311 e. The molecule has 0 aliphatic rings. The Morgan fingerprint density at radius 1 is 1.50 bits per heavy atom. The van der Waals surface area contributed by atoms with Crippen LogP contribution in [0.3, 0.4) is 0 Å². The van der Waals surface area contributed by atoms with Gasteiger partial charge in [-0.1, -0.05) is 6.07 Å². The number of imidazole rings is 1. The number of carbonyl (C=O) groups excluding carboxylic acids is 1. The van der Waals surface area contributed by atoms with E-state index in [-0.39, 0.29) is 12.4 Å². The van der Waals surface area contributed by atoms with Crippen LogP contribution in [0, 0.1) is 6.92 Å². The van der Waals surface area contributed by atoms with Crippen LogP contribution in [-0.4, -0.2) is 22.0 Å². The minimum Gasteiger partial charge on any atom is -0.466 e. The van der Waals surface area contributed by atoms with Crippen molar-refractivity contribution in [1.82, 2.24) is 9.38 Å². The molecule has 0 aromatic carbocycles. The molecule has 2 heterocycles. The Morgan fingerprint density at radius 2 is 2.31 bits per heavy atom. The molecule has 2 aromatic heterocycles. The summed E-state index contributed by atoms with van der Waals surface area (Å²) >= 11 is 0. The quantitative estimate of drug-likeness (QED) is 0.737. The van der Waals surface area contributed by atoms with Gasteiger partial charge in [-0.3, -0.25) is 4.79 Å². The van der Waals surface area contributed by atoms with Crippen LogP contribution in [0.2, 0.25) is 0 Å². The van der Waals surface area contributed by atoms with Gasteiger partial charge in [0.15, 0.2) is 0 Å². The summed E-state index contributed by atoms with van der Waals surface area (Å²) in [6, 6.07) is 5.76. The van der Waals surface area contributed by atoms with Crippen LogP contribution < -0.4 is 0 Å². The van der Waals surface area contributed by atoms with Crippen molar-refractivity contribution in [3.8, 4) is 0 Å². The predicted molar refractivity (Wildman–Crippen MR) is 60.3 cm³/mol. The molecular weight excluding hydrogens is 204 g/mol. The minimum atomic E-state index is -0.212. The molecule has 0 atom stereocenters. The van der Waals surface area contributed by atoms with Gasteiger partial charge in [0.1, 0.15) is 5.65 Å². The summed E-state index contributed by atoms with van der Waals surface area (Å²) in [7, 11) is 0. The SMILES string of the molecule is CCOC(=O)Cc1c(C)nc2ccccn12. The summed E-state index contributed by atoms with van der Waals surface area (Å²) < 4.78 is 6.86. The number of aryl methyl sites for hydroxylation is 1. The van der Waals surface area contributed by atoms with E-state index < -0.39 is 0 Å². The molecule has 0 N–H and O–H groups in total. The first-order valence-corrected chi connectivity index (χ1v) is 5.30. The zero-order valence-electron chi connectivity index (χ0n) is 9.43. The first-order chi connectivity index (χ1) is 7.72. The third-order valence-corrected chi connectivity index (χ3v) is 2.45. The lowest BCUT2D eigenvalue weighted by Gasteiger charge is -2.02. The molecule has 0 radical (unpaired) electrons. The van der Waals surface area contributed by atoms with Crippen molar-refractivity contribution in [2.45, 2.75) is 20.3 Å². The second-order valence-electron chi connectivity index (χ2n) is 3.55. The highest BCUT2D eigenvalue weighted by molar-refractivity contribution is 5.72. The van der Waals surface area contributed by atoms with Gasteiger partial charge >= 0.3 is 5.97 Å². The van der Waals surface area contributed by atoms with Crippen LogP contribution in [0.15, 0.2) is 24.4 Å². The van der Waals surface area contributed by atoms with E-state index in [1.807, 2.05) is 35.7 Å². The Morgan fingerprint density at radius 3 is 3.06 bits per heavy atom. The topological polar surface area (TPSA) is 43.6 Å². The van der Waals surface area contributed by atoms with Crippen molar-refractivity contribution in [1.29, 1.82) is 0 Å². The fourth-order valence-electron chi connectivity index (χ4n) is 1.73. The molecule has 0 bridgehead atoms. The maximum absolute atomic E-state index is 11.4. The van der Waals surface area contributed by atoms with Crippen LogP contribution in [-0.2, 0) is 16.0 Å². The standard InChI is InChI=1S/C12H14N2O2/c1-3-16-12(15)8-10-9(2)13-11-6-4-5-7-14(10)11/h4-7H,3,8H2,1-2H3. The summed E-state index contributed by atoms with van der Waals surface area (Å²) in [5.74, 6) is -0.212. The van der Waals surface area contributed by atoms with E-state index in [2.05, 4.69) is 4.98 Å². The Bertz CT molecular complexity index is 517. The van der Waals surface area contributed by atoms with Crippen LogP contribution in [0.25, 0.3) is 5.65 Å². The van der Waals surface area contributed by atoms with E-state index >= 15 is 0 Å².